The molecule has 92 valence electrons. The van der Waals surface area contributed by atoms with Crippen molar-refractivity contribution in [2.45, 2.75) is 59.3 Å². The molecule has 1 fully saturated rings. The topological polar surface area (TPSA) is 33.0 Å². The van der Waals surface area contributed by atoms with Gasteiger partial charge in [0.1, 0.15) is 0 Å². The fraction of sp³-hybridized carbons (Fsp3) is 0.929. The lowest BCUT2D eigenvalue weighted by Crippen LogP contribution is -2.31. The molecule has 0 aromatic heterocycles. The van der Waals surface area contributed by atoms with Crippen LogP contribution < -0.4 is 0 Å². The fourth-order valence-electron chi connectivity index (χ4n) is 2.34. The van der Waals surface area contributed by atoms with Crippen molar-refractivity contribution >= 4 is 0 Å². The van der Waals surface area contributed by atoms with Crippen molar-refractivity contribution in [3.05, 3.63) is 0 Å². The summed E-state index contributed by atoms with van der Waals surface area (Å²) in [6.07, 6.45) is 6.42. The van der Waals surface area contributed by atoms with Gasteiger partial charge in [0.15, 0.2) is 0 Å². The molecule has 1 aliphatic carbocycles. The molecule has 0 heterocycles. The lowest BCUT2D eigenvalue weighted by molar-refractivity contribution is 0.0755. The van der Waals surface area contributed by atoms with Gasteiger partial charge < -0.3 is 4.74 Å². The second kappa shape index (κ2) is 5.68. The maximum Gasteiger partial charge on any atom is 0.0690 e. The van der Waals surface area contributed by atoms with Crippen molar-refractivity contribution in [3.63, 3.8) is 0 Å². The molecule has 0 amide bonds. The van der Waals surface area contributed by atoms with E-state index in [-0.39, 0.29) is 5.41 Å². The first kappa shape index (κ1) is 13.5. The number of hydrogen-bond donors (Lipinski definition) is 0. The maximum atomic E-state index is 9.36. The molecule has 0 atom stereocenters. The van der Waals surface area contributed by atoms with E-state index in [2.05, 4.69) is 26.8 Å². The predicted octanol–water partition coefficient (Wildman–Crippen LogP) is 3.91. The van der Waals surface area contributed by atoms with Crippen LogP contribution in [0.1, 0.15) is 59.3 Å². The molecule has 0 aromatic carbocycles. The van der Waals surface area contributed by atoms with Crippen LogP contribution in [-0.4, -0.2) is 13.2 Å². The van der Waals surface area contributed by atoms with Crippen LogP contribution in [0.2, 0.25) is 0 Å². The van der Waals surface area contributed by atoms with Crippen molar-refractivity contribution in [1.82, 2.24) is 0 Å². The first-order valence-corrected chi connectivity index (χ1v) is 6.53. The Balaban J connectivity index is 2.38. The third-order valence-corrected chi connectivity index (χ3v) is 3.87. The van der Waals surface area contributed by atoms with E-state index in [1.54, 1.807) is 0 Å². The Bertz CT molecular complexity index is 242. The van der Waals surface area contributed by atoms with E-state index < -0.39 is 0 Å². The van der Waals surface area contributed by atoms with Crippen LogP contribution in [-0.2, 0) is 4.74 Å². The summed E-state index contributed by atoms with van der Waals surface area (Å²) in [5, 5.41) is 9.36. The Morgan fingerprint density at radius 3 is 2.25 bits per heavy atom. The highest BCUT2D eigenvalue weighted by molar-refractivity contribution is 5.02. The van der Waals surface area contributed by atoms with E-state index >= 15 is 0 Å². The SMILES string of the molecule is CCCOCCC1(C#N)CCC(C)(C)CC1. The van der Waals surface area contributed by atoms with Crippen LogP contribution in [0.5, 0.6) is 0 Å². The number of nitriles is 1. The van der Waals surface area contributed by atoms with Gasteiger partial charge in [0.25, 0.3) is 0 Å². The molecule has 0 radical (unpaired) electrons. The summed E-state index contributed by atoms with van der Waals surface area (Å²) in [6.45, 7) is 8.31. The van der Waals surface area contributed by atoms with E-state index in [0.29, 0.717) is 5.41 Å². The van der Waals surface area contributed by atoms with Gasteiger partial charge in [0.2, 0.25) is 0 Å². The monoisotopic (exact) mass is 223 g/mol. The van der Waals surface area contributed by atoms with E-state index in [9.17, 15) is 5.26 Å². The van der Waals surface area contributed by atoms with E-state index in [0.717, 1.165) is 38.9 Å². The smallest absolute Gasteiger partial charge is 0.0690 e. The molecule has 1 saturated carbocycles. The molecule has 0 spiro atoms. The quantitative estimate of drug-likeness (QED) is 0.662. The largest absolute Gasteiger partial charge is 0.381 e. The minimum atomic E-state index is -0.0940. The molecule has 0 aliphatic heterocycles. The average Bonchev–Trinajstić information content (AvgIpc) is 2.27. The van der Waals surface area contributed by atoms with E-state index in [4.69, 9.17) is 4.74 Å². The molecule has 16 heavy (non-hydrogen) atoms. The van der Waals surface area contributed by atoms with Gasteiger partial charge in [-0.1, -0.05) is 20.8 Å². The third-order valence-electron chi connectivity index (χ3n) is 3.87. The second-order valence-electron chi connectivity index (χ2n) is 5.92. The maximum absolute atomic E-state index is 9.36. The van der Waals surface area contributed by atoms with Gasteiger partial charge in [-0.15, -0.1) is 0 Å². The summed E-state index contributed by atoms with van der Waals surface area (Å²) >= 11 is 0. The zero-order valence-electron chi connectivity index (χ0n) is 11.0. The van der Waals surface area contributed by atoms with Crippen LogP contribution >= 0.6 is 0 Å². The fourth-order valence-corrected chi connectivity index (χ4v) is 2.34. The molecular weight excluding hydrogens is 198 g/mol. The Morgan fingerprint density at radius 2 is 1.75 bits per heavy atom. The van der Waals surface area contributed by atoms with Gasteiger partial charge in [0, 0.05) is 13.2 Å². The van der Waals surface area contributed by atoms with Gasteiger partial charge >= 0.3 is 0 Å². The second-order valence-corrected chi connectivity index (χ2v) is 5.92. The van der Waals surface area contributed by atoms with Crippen LogP contribution in [0.15, 0.2) is 0 Å². The molecule has 0 aromatic rings. The number of ether oxygens (including phenoxy) is 1. The van der Waals surface area contributed by atoms with Gasteiger partial charge in [-0.2, -0.15) is 5.26 Å². The van der Waals surface area contributed by atoms with Gasteiger partial charge in [-0.25, -0.2) is 0 Å². The summed E-state index contributed by atoms with van der Waals surface area (Å²) in [5.41, 5.74) is 0.341. The molecule has 0 bridgehead atoms. The highest BCUT2D eigenvalue weighted by Crippen LogP contribution is 2.46. The number of hydrogen-bond acceptors (Lipinski definition) is 2. The summed E-state index contributed by atoms with van der Waals surface area (Å²) in [5.74, 6) is 0. The van der Waals surface area contributed by atoms with Crippen LogP contribution in [0.4, 0.5) is 0 Å². The van der Waals surface area contributed by atoms with Crippen LogP contribution in [0, 0.1) is 22.2 Å². The highest BCUT2D eigenvalue weighted by Gasteiger charge is 2.38. The predicted molar refractivity (Wildman–Crippen MR) is 66.0 cm³/mol. The molecular formula is C14H25NO. The van der Waals surface area contributed by atoms with E-state index in [1.165, 1.54) is 12.8 Å². The summed E-state index contributed by atoms with van der Waals surface area (Å²) in [6, 6.07) is 2.55. The molecule has 2 nitrogen and oxygen atoms in total. The standard InChI is InChI=1S/C14H25NO/c1-4-10-16-11-9-14(12-15)7-5-13(2,3)6-8-14/h4-11H2,1-3H3. The van der Waals surface area contributed by atoms with Crippen molar-refractivity contribution in [1.29, 1.82) is 5.26 Å². The minimum absolute atomic E-state index is 0.0940. The van der Waals surface area contributed by atoms with Crippen molar-refractivity contribution < 1.29 is 4.74 Å². The summed E-state index contributed by atoms with van der Waals surface area (Å²) < 4.78 is 5.51. The zero-order chi connectivity index (χ0) is 12.1. The molecule has 0 N–H and O–H groups in total. The molecule has 0 unspecified atom stereocenters. The molecule has 1 rings (SSSR count). The van der Waals surface area contributed by atoms with Crippen LogP contribution in [0.3, 0.4) is 0 Å². The van der Waals surface area contributed by atoms with Crippen molar-refractivity contribution in [2.24, 2.45) is 10.8 Å². The first-order valence-electron chi connectivity index (χ1n) is 6.53. The Labute approximate surface area is 100.0 Å². The van der Waals surface area contributed by atoms with Gasteiger partial charge in [-0.05, 0) is 43.9 Å². The van der Waals surface area contributed by atoms with Gasteiger partial charge in [0.05, 0.1) is 11.5 Å². The Hall–Kier alpha value is -0.550. The minimum Gasteiger partial charge on any atom is -0.381 e. The summed E-state index contributed by atoms with van der Waals surface area (Å²) in [4.78, 5) is 0. The highest BCUT2D eigenvalue weighted by atomic mass is 16.5. The van der Waals surface area contributed by atoms with Gasteiger partial charge in [-0.3, -0.25) is 0 Å². The number of rotatable bonds is 5. The van der Waals surface area contributed by atoms with E-state index in [1.807, 2.05) is 0 Å². The zero-order valence-corrected chi connectivity index (χ0v) is 11.0. The molecule has 2 heteroatoms. The van der Waals surface area contributed by atoms with Crippen molar-refractivity contribution in [2.75, 3.05) is 13.2 Å². The molecule has 0 saturated heterocycles. The summed E-state index contributed by atoms with van der Waals surface area (Å²) in [7, 11) is 0. The average molecular weight is 223 g/mol. The molecule has 1 aliphatic rings. The normalized spacial score (nSPS) is 22.6. The third kappa shape index (κ3) is 3.79. The number of nitrogens with zero attached hydrogens (tertiary/aromatic N) is 1. The Kier molecular flexibility index (Phi) is 4.80. The Morgan fingerprint density at radius 1 is 1.12 bits per heavy atom. The van der Waals surface area contributed by atoms with Crippen molar-refractivity contribution in [3.8, 4) is 6.07 Å². The first-order chi connectivity index (χ1) is 7.54. The lowest BCUT2D eigenvalue weighted by Gasteiger charge is -2.39. The lowest BCUT2D eigenvalue weighted by atomic mass is 9.64. The van der Waals surface area contributed by atoms with Crippen LogP contribution in [0.25, 0.3) is 0 Å².